The molecule has 4 aliphatic rings. The van der Waals surface area contributed by atoms with E-state index in [0.717, 1.165) is 12.0 Å². The summed E-state index contributed by atoms with van der Waals surface area (Å²) in [5.41, 5.74) is 1.20. The number of aliphatic hydroxyl groups is 1. The molecule has 4 fully saturated rings. The van der Waals surface area contributed by atoms with Gasteiger partial charge in [-0.2, -0.15) is 4.31 Å². The number of rotatable bonds is 13. The fraction of sp³-hybridized carbons (Fsp3) is 0.588. The normalized spacial score (nSPS) is 27.4. The maximum Gasteiger partial charge on any atom is 0.411 e. The number of aliphatic hydroxyl groups excluding tert-OH is 1. The van der Waals surface area contributed by atoms with Crippen molar-refractivity contribution in [2.24, 2.45) is 17.8 Å². The molecule has 0 aliphatic carbocycles. The molecule has 14 nitrogen and oxygen atoms in total. The molecule has 8 atom stereocenters. The first kappa shape index (κ1) is 35.5. The minimum Gasteiger partial charge on any atom is -0.443 e. The lowest BCUT2D eigenvalue weighted by atomic mass is 10.0. The van der Waals surface area contributed by atoms with Gasteiger partial charge in [0.1, 0.15) is 12.2 Å². The molecule has 2 aromatic rings. The molecule has 3 N–H and O–H groups in total. The van der Waals surface area contributed by atoms with Crippen molar-refractivity contribution in [2.75, 3.05) is 44.8 Å². The molecular formula is C34H45N3O11S. The molecule has 0 aromatic heterocycles. The van der Waals surface area contributed by atoms with Gasteiger partial charge in [0, 0.05) is 18.8 Å². The second-order valence-electron chi connectivity index (χ2n) is 13.3. The number of nitrogens with zero attached hydrogens (tertiary/aromatic N) is 1. The second-order valence-corrected chi connectivity index (χ2v) is 15.2. The summed E-state index contributed by atoms with van der Waals surface area (Å²) in [5.74, 6) is -0.138. The van der Waals surface area contributed by atoms with Gasteiger partial charge in [0.15, 0.2) is 12.6 Å². The summed E-state index contributed by atoms with van der Waals surface area (Å²) in [7, 11) is -4.10. The molecule has 0 bridgehead atoms. The number of carbonyl (C=O) groups excluding carboxylic acids is 2. The number of carbonyl (C=O) groups is 2. The zero-order valence-electron chi connectivity index (χ0n) is 27.6. The molecule has 49 heavy (non-hydrogen) atoms. The molecule has 0 saturated carbocycles. The van der Waals surface area contributed by atoms with E-state index in [0.29, 0.717) is 25.3 Å². The summed E-state index contributed by atoms with van der Waals surface area (Å²) in [5, 5.41) is 17.0. The third-order valence-electron chi connectivity index (χ3n) is 9.25. The van der Waals surface area contributed by atoms with Crippen LogP contribution in [0.4, 0.5) is 15.3 Å². The van der Waals surface area contributed by atoms with Gasteiger partial charge in [-0.3, -0.25) is 5.32 Å². The highest BCUT2D eigenvalue weighted by atomic mass is 32.2. The number of hydrogen-bond acceptors (Lipinski definition) is 11. The van der Waals surface area contributed by atoms with E-state index in [1.807, 2.05) is 44.2 Å². The van der Waals surface area contributed by atoms with Gasteiger partial charge in [0.2, 0.25) is 10.0 Å². The summed E-state index contributed by atoms with van der Waals surface area (Å²) in [4.78, 5) is 25.7. The number of ether oxygens (including phenoxy) is 6. The van der Waals surface area contributed by atoms with Crippen LogP contribution in [0.2, 0.25) is 0 Å². The number of hydrogen-bond donors (Lipinski definition) is 3. The Hall–Kier alpha value is -3.31. The van der Waals surface area contributed by atoms with E-state index in [1.54, 1.807) is 0 Å². The molecule has 0 radical (unpaired) electrons. The highest BCUT2D eigenvalue weighted by molar-refractivity contribution is 7.89. The molecule has 2 aromatic carbocycles. The van der Waals surface area contributed by atoms with Gasteiger partial charge in [-0.1, -0.05) is 44.2 Å². The number of amides is 2. The Kier molecular flexibility index (Phi) is 11.4. The van der Waals surface area contributed by atoms with Gasteiger partial charge in [-0.25, -0.2) is 18.0 Å². The quantitative estimate of drug-likeness (QED) is 0.280. The van der Waals surface area contributed by atoms with Crippen molar-refractivity contribution in [2.45, 2.75) is 74.9 Å². The Bertz CT molecular complexity index is 1530. The van der Waals surface area contributed by atoms with Crippen LogP contribution in [0.1, 0.15) is 32.3 Å². The molecule has 268 valence electrons. The topological polar surface area (TPSA) is 171 Å². The third kappa shape index (κ3) is 8.71. The summed E-state index contributed by atoms with van der Waals surface area (Å²) in [6, 6.07) is 14.2. The molecule has 4 aliphatic heterocycles. The number of fused-ring (bicyclic) bond motifs is 2. The average molecular weight is 704 g/mol. The largest absolute Gasteiger partial charge is 0.443 e. The Balaban J connectivity index is 1.11. The maximum atomic E-state index is 14.0. The molecule has 6 rings (SSSR count). The first-order chi connectivity index (χ1) is 23.6. The van der Waals surface area contributed by atoms with Crippen molar-refractivity contribution in [3.63, 3.8) is 0 Å². The lowest BCUT2D eigenvalue weighted by Gasteiger charge is -2.31. The number of anilines is 1. The van der Waals surface area contributed by atoms with Crippen molar-refractivity contribution in [3.8, 4) is 0 Å². The van der Waals surface area contributed by atoms with E-state index in [2.05, 4.69) is 10.6 Å². The number of nitrogens with one attached hydrogen (secondary N) is 2. The molecule has 4 saturated heterocycles. The SMILES string of the molecule is CC(C)CN(C[C@@H](O)[C@H](Cc1ccccc1)NC(=O)O[C@H]1CO[C@H]2OCC[C@H]21)S(=O)(=O)c1ccc(NC(=O)O[C@@H]2COC3OCC[C@@H]32)cc1. The van der Waals surface area contributed by atoms with Crippen molar-refractivity contribution in [1.29, 1.82) is 0 Å². The van der Waals surface area contributed by atoms with Gasteiger partial charge in [0.05, 0.1) is 55.3 Å². The van der Waals surface area contributed by atoms with Crippen LogP contribution in [-0.2, 0) is 44.9 Å². The Labute approximate surface area is 286 Å². The molecular weight excluding hydrogens is 658 g/mol. The van der Waals surface area contributed by atoms with Gasteiger partial charge in [-0.05, 0) is 55.0 Å². The van der Waals surface area contributed by atoms with E-state index in [9.17, 15) is 23.1 Å². The third-order valence-corrected chi connectivity index (χ3v) is 11.1. The molecule has 0 spiro atoms. The van der Waals surface area contributed by atoms with Crippen LogP contribution in [0.15, 0.2) is 59.5 Å². The highest BCUT2D eigenvalue weighted by Crippen LogP contribution is 2.34. The van der Waals surface area contributed by atoms with E-state index >= 15 is 0 Å². The first-order valence-electron chi connectivity index (χ1n) is 16.8. The smallest absolute Gasteiger partial charge is 0.411 e. The van der Waals surface area contributed by atoms with Crippen LogP contribution in [-0.4, -0.2) is 106 Å². The van der Waals surface area contributed by atoms with Crippen LogP contribution in [0, 0.1) is 17.8 Å². The van der Waals surface area contributed by atoms with E-state index in [-0.39, 0.29) is 68.0 Å². The van der Waals surface area contributed by atoms with E-state index < -0.39 is 46.6 Å². The zero-order chi connectivity index (χ0) is 34.5. The molecule has 1 unspecified atom stereocenters. The van der Waals surface area contributed by atoms with E-state index in [1.165, 1.54) is 28.6 Å². The Morgan fingerprint density at radius 3 is 2.04 bits per heavy atom. The predicted octanol–water partition coefficient (Wildman–Crippen LogP) is 3.10. The first-order valence-corrected chi connectivity index (χ1v) is 18.2. The lowest BCUT2D eigenvalue weighted by Crippen LogP contribution is -2.51. The standard InChI is InChI=1S/C34H45N3O11S/c1-21(2)17-37(49(41,42)24-10-8-23(9-11-24)35-33(39)47-29-19-45-31-25(29)12-14-43-31)18-28(38)27(16-22-6-4-3-5-7-22)36-34(40)48-30-20-46-32-26(30)13-15-44-32/h3-11,21,25-32,38H,12-20H2,1-2H3,(H,35,39)(H,36,40)/t25-,26+,27+,28-,29-,30+,31?,32-/m1/s1. The van der Waals surface area contributed by atoms with Gasteiger partial charge in [0.25, 0.3) is 0 Å². The van der Waals surface area contributed by atoms with E-state index in [4.69, 9.17) is 28.4 Å². The van der Waals surface area contributed by atoms with Gasteiger partial charge < -0.3 is 38.8 Å². The van der Waals surface area contributed by atoms with Crippen molar-refractivity contribution in [3.05, 3.63) is 60.2 Å². The maximum absolute atomic E-state index is 14.0. The fourth-order valence-electron chi connectivity index (χ4n) is 6.73. The molecule has 4 heterocycles. The summed E-state index contributed by atoms with van der Waals surface area (Å²) in [6.45, 7) is 5.15. The highest BCUT2D eigenvalue weighted by Gasteiger charge is 2.45. The minimum absolute atomic E-state index is 0.00891. The Morgan fingerprint density at radius 1 is 0.857 bits per heavy atom. The van der Waals surface area contributed by atoms with Crippen LogP contribution in [0.3, 0.4) is 0 Å². The van der Waals surface area contributed by atoms with Gasteiger partial charge in [-0.15, -0.1) is 0 Å². The lowest BCUT2D eigenvalue weighted by molar-refractivity contribution is -0.0909. The predicted molar refractivity (Wildman–Crippen MR) is 175 cm³/mol. The van der Waals surface area contributed by atoms with Crippen LogP contribution >= 0.6 is 0 Å². The minimum atomic E-state index is -4.10. The number of alkyl carbamates (subject to hydrolysis) is 1. The summed E-state index contributed by atoms with van der Waals surface area (Å²) in [6.07, 6.45) is -2.63. The zero-order valence-corrected chi connectivity index (χ0v) is 28.5. The number of sulfonamides is 1. The van der Waals surface area contributed by atoms with Crippen LogP contribution in [0.5, 0.6) is 0 Å². The fourth-order valence-corrected chi connectivity index (χ4v) is 8.35. The van der Waals surface area contributed by atoms with Gasteiger partial charge >= 0.3 is 12.2 Å². The molecule has 2 amide bonds. The van der Waals surface area contributed by atoms with Crippen LogP contribution in [0.25, 0.3) is 0 Å². The van der Waals surface area contributed by atoms with Crippen molar-refractivity contribution in [1.82, 2.24) is 9.62 Å². The van der Waals surface area contributed by atoms with Crippen molar-refractivity contribution >= 4 is 27.9 Å². The monoisotopic (exact) mass is 703 g/mol. The average Bonchev–Trinajstić information content (AvgIpc) is 3.87. The number of benzene rings is 2. The summed E-state index contributed by atoms with van der Waals surface area (Å²) < 4.78 is 62.5. The van der Waals surface area contributed by atoms with Crippen molar-refractivity contribution < 1.29 is 51.5 Å². The second kappa shape index (κ2) is 15.7. The van der Waals surface area contributed by atoms with Crippen LogP contribution < -0.4 is 10.6 Å². The Morgan fingerprint density at radius 2 is 1.45 bits per heavy atom. The molecule has 15 heteroatoms. The summed E-state index contributed by atoms with van der Waals surface area (Å²) >= 11 is 0.